The van der Waals surface area contributed by atoms with Crippen molar-refractivity contribution in [3.8, 4) is 17.9 Å². The number of nitriles is 2. The number of piperidine rings is 1. The van der Waals surface area contributed by atoms with Gasteiger partial charge in [-0.1, -0.05) is 29.8 Å². The van der Waals surface area contributed by atoms with Crippen LogP contribution in [0.5, 0.6) is 5.75 Å². The smallest absolute Gasteiger partial charge is 0.315 e. The molecule has 1 heterocycles. The number of aryl methyl sites for hydroxylation is 1. The number of hydrogen-bond acceptors (Lipinski definition) is 6. The highest BCUT2D eigenvalue weighted by Crippen LogP contribution is 2.26. The van der Waals surface area contributed by atoms with Crippen LogP contribution < -0.4 is 4.74 Å². The van der Waals surface area contributed by atoms with Gasteiger partial charge in [0, 0.05) is 13.1 Å². The molecule has 1 fully saturated rings. The summed E-state index contributed by atoms with van der Waals surface area (Å²) in [5.74, 6) is -0.727. The normalized spacial score (nSPS) is 16.5. The molecule has 0 N–H and O–H groups in total. The topological polar surface area (TPSA) is 111 Å². The predicted molar refractivity (Wildman–Crippen MR) is 114 cm³/mol. The van der Waals surface area contributed by atoms with E-state index in [0.717, 1.165) is 5.56 Å². The van der Waals surface area contributed by atoms with Crippen molar-refractivity contribution in [2.75, 3.05) is 13.1 Å². The molecule has 7 nitrogen and oxygen atoms in total. The Bertz CT molecular complexity index is 1160. The van der Waals surface area contributed by atoms with Crippen molar-refractivity contribution in [3.63, 3.8) is 0 Å². The van der Waals surface area contributed by atoms with Gasteiger partial charge < -0.3 is 4.74 Å². The second-order valence-corrected chi connectivity index (χ2v) is 9.22. The summed E-state index contributed by atoms with van der Waals surface area (Å²) in [5, 5.41) is 17.6. The lowest BCUT2D eigenvalue weighted by molar-refractivity contribution is -0.140. The fourth-order valence-corrected chi connectivity index (χ4v) is 4.82. The van der Waals surface area contributed by atoms with Crippen LogP contribution in [0.1, 0.15) is 24.0 Å². The zero-order chi connectivity index (χ0) is 22.4. The maximum atomic E-state index is 12.9. The Labute approximate surface area is 181 Å². The highest BCUT2D eigenvalue weighted by atomic mass is 32.2. The van der Waals surface area contributed by atoms with Gasteiger partial charge in [0.2, 0.25) is 10.0 Å². The third kappa shape index (κ3) is 5.37. The van der Waals surface area contributed by atoms with E-state index in [1.54, 1.807) is 60.7 Å². The number of benzene rings is 2. The maximum Gasteiger partial charge on any atom is 0.315 e. The van der Waals surface area contributed by atoms with Crippen LogP contribution in [0.15, 0.2) is 59.0 Å². The van der Waals surface area contributed by atoms with Crippen LogP contribution in [0.3, 0.4) is 0 Å². The standard InChI is InChI=1S/C23H21N3O4S/c1-17-4-10-22(11-5-17)31(28,29)26-12-2-3-20(16-26)23(27)30-21-8-6-18(7-9-21)13-19(14-24)15-25/h4-11,13,20H,2-3,12,16H2,1H3. The van der Waals surface area contributed by atoms with Crippen LogP contribution in [0.25, 0.3) is 6.08 Å². The van der Waals surface area contributed by atoms with Gasteiger partial charge in [0.05, 0.1) is 10.8 Å². The molecule has 0 bridgehead atoms. The number of esters is 1. The van der Waals surface area contributed by atoms with Crippen LogP contribution in [-0.4, -0.2) is 31.8 Å². The van der Waals surface area contributed by atoms with Gasteiger partial charge in [-0.3, -0.25) is 4.79 Å². The van der Waals surface area contributed by atoms with E-state index < -0.39 is 21.9 Å². The van der Waals surface area contributed by atoms with Crippen molar-refractivity contribution in [3.05, 3.63) is 65.2 Å². The number of rotatable bonds is 5. The summed E-state index contributed by atoms with van der Waals surface area (Å²) in [6, 6.07) is 16.6. The SMILES string of the molecule is Cc1ccc(S(=O)(=O)N2CCCC(C(=O)Oc3ccc(C=C(C#N)C#N)cc3)C2)cc1. The maximum absolute atomic E-state index is 12.9. The minimum atomic E-state index is -3.67. The molecule has 0 amide bonds. The number of hydrogen-bond donors (Lipinski definition) is 0. The lowest BCUT2D eigenvalue weighted by Gasteiger charge is -2.30. The summed E-state index contributed by atoms with van der Waals surface area (Å²) in [4.78, 5) is 12.8. The summed E-state index contributed by atoms with van der Waals surface area (Å²) in [6.07, 6.45) is 2.55. The monoisotopic (exact) mass is 435 g/mol. The van der Waals surface area contributed by atoms with Gasteiger partial charge in [0.15, 0.2) is 0 Å². The number of carbonyl (C=O) groups excluding carboxylic acids is 1. The molecule has 1 aliphatic heterocycles. The molecule has 31 heavy (non-hydrogen) atoms. The van der Waals surface area contributed by atoms with Crippen molar-refractivity contribution in [2.24, 2.45) is 5.92 Å². The van der Waals surface area contributed by atoms with E-state index in [2.05, 4.69) is 0 Å². The number of nitrogens with zero attached hydrogens (tertiary/aromatic N) is 3. The molecular weight excluding hydrogens is 414 g/mol. The van der Waals surface area contributed by atoms with Crippen molar-refractivity contribution >= 4 is 22.1 Å². The molecule has 1 saturated heterocycles. The largest absolute Gasteiger partial charge is 0.426 e. The summed E-state index contributed by atoms with van der Waals surface area (Å²) >= 11 is 0. The van der Waals surface area contributed by atoms with Crippen LogP contribution in [0.2, 0.25) is 0 Å². The van der Waals surface area contributed by atoms with E-state index in [-0.39, 0.29) is 17.0 Å². The van der Waals surface area contributed by atoms with E-state index >= 15 is 0 Å². The molecule has 0 spiro atoms. The van der Waals surface area contributed by atoms with E-state index in [9.17, 15) is 13.2 Å². The van der Waals surface area contributed by atoms with Gasteiger partial charge in [0.1, 0.15) is 23.5 Å². The molecule has 1 atom stereocenters. The van der Waals surface area contributed by atoms with E-state index in [1.807, 2.05) is 6.92 Å². The summed E-state index contributed by atoms with van der Waals surface area (Å²) in [7, 11) is -3.67. The molecule has 0 aliphatic carbocycles. The molecule has 3 rings (SSSR count). The van der Waals surface area contributed by atoms with Gasteiger partial charge in [-0.2, -0.15) is 14.8 Å². The van der Waals surface area contributed by atoms with E-state index in [0.29, 0.717) is 30.7 Å². The predicted octanol–water partition coefficient (Wildman–Crippen LogP) is 3.43. The Hall–Kier alpha value is -3.46. The van der Waals surface area contributed by atoms with Crippen molar-refractivity contribution in [1.82, 2.24) is 4.31 Å². The number of ether oxygens (including phenoxy) is 1. The molecule has 2 aromatic carbocycles. The van der Waals surface area contributed by atoms with Crippen LogP contribution in [0, 0.1) is 35.5 Å². The first-order chi connectivity index (χ1) is 14.8. The lowest BCUT2D eigenvalue weighted by atomic mass is 10.00. The minimum Gasteiger partial charge on any atom is -0.426 e. The molecule has 0 radical (unpaired) electrons. The Balaban J connectivity index is 1.67. The first kappa shape index (κ1) is 22.2. The Morgan fingerprint density at radius 2 is 1.74 bits per heavy atom. The number of carbonyl (C=O) groups is 1. The quantitative estimate of drug-likeness (QED) is 0.404. The van der Waals surface area contributed by atoms with Crippen molar-refractivity contribution < 1.29 is 17.9 Å². The van der Waals surface area contributed by atoms with Crippen LogP contribution >= 0.6 is 0 Å². The fraction of sp³-hybridized carbons (Fsp3) is 0.261. The van der Waals surface area contributed by atoms with Crippen LogP contribution in [0.4, 0.5) is 0 Å². The average Bonchev–Trinajstić information content (AvgIpc) is 2.79. The number of sulfonamides is 1. The van der Waals surface area contributed by atoms with Gasteiger partial charge >= 0.3 is 5.97 Å². The van der Waals surface area contributed by atoms with Crippen molar-refractivity contribution in [1.29, 1.82) is 10.5 Å². The average molecular weight is 436 g/mol. The van der Waals surface area contributed by atoms with Gasteiger partial charge in [0.25, 0.3) is 0 Å². The van der Waals surface area contributed by atoms with E-state index in [4.69, 9.17) is 15.3 Å². The second kappa shape index (κ2) is 9.57. The molecule has 2 aromatic rings. The lowest BCUT2D eigenvalue weighted by Crippen LogP contribution is -2.43. The third-order valence-corrected chi connectivity index (χ3v) is 6.91. The fourth-order valence-electron chi connectivity index (χ4n) is 3.30. The van der Waals surface area contributed by atoms with E-state index in [1.165, 1.54) is 10.4 Å². The summed E-state index contributed by atoms with van der Waals surface area (Å²) in [5.41, 5.74) is 1.57. The zero-order valence-corrected chi connectivity index (χ0v) is 17.8. The van der Waals surface area contributed by atoms with Gasteiger partial charge in [-0.05, 0) is 55.7 Å². The van der Waals surface area contributed by atoms with Crippen LogP contribution in [-0.2, 0) is 14.8 Å². The highest BCUT2D eigenvalue weighted by Gasteiger charge is 2.34. The Kier molecular flexibility index (Phi) is 6.86. The van der Waals surface area contributed by atoms with Crippen molar-refractivity contribution in [2.45, 2.75) is 24.7 Å². The number of allylic oxidation sites excluding steroid dienone is 1. The van der Waals surface area contributed by atoms with Gasteiger partial charge in [-0.15, -0.1) is 0 Å². The van der Waals surface area contributed by atoms with Gasteiger partial charge in [-0.25, -0.2) is 8.42 Å². The Morgan fingerprint density at radius 3 is 2.35 bits per heavy atom. The Morgan fingerprint density at radius 1 is 1.10 bits per heavy atom. The first-order valence-corrected chi connectivity index (χ1v) is 11.2. The molecule has 1 aliphatic rings. The molecule has 0 saturated carbocycles. The zero-order valence-electron chi connectivity index (χ0n) is 17.0. The molecule has 1 unspecified atom stereocenters. The third-order valence-electron chi connectivity index (χ3n) is 5.03. The minimum absolute atomic E-state index is 0.0261. The first-order valence-electron chi connectivity index (χ1n) is 9.74. The molecule has 8 heteroatoms. The summed E-state index contributed by atoms with van der Waals surface area (Å²) in [6.45, 7) is 2.32. The summed E-state index contributed by atoms with van der Waals surface area (Å²) < 4.78 is 32.6. The highest BCUT2D eigenvalue weighted by molar-refractivity contribution is 7.89. The second-order valence-electron chi connectivity index (χ2n) is 7.29. The molecular formula is C23H21N3O4S. The molecule has 0 aromatic heterocycles. The molecule has 158 valence electrons.